The minimum Gasteiger partial charge on any atom is -0.384 e. The fourth-order valence-corrected chi connectivity index (χ4v) is 2.19. The summed E-state index contributed by atoms with van der Waals surface area (Å²) < 4.78 is 0. The number of hydrogen-bond donors (Lipinski definition) is 2. The zero-order chi connectivity index (χ0) is 14.7. The van der Waals surface area contributed by atoms with E-state index < -0.39 is 5.56 Å². The van der Waals surface area contributed by atoms with Crippen LogP contribution in [0.2, 0.25) is 0 Å². The first-order valence-electron chi connectivity index (χ1n) is 6.08. The molecule has 0 saturated heterocycles. The smallest absolute Gasteiger partial charge is 0.268 e. The van der Waals surface area contributed by atoms with Crippen LogP contribution in [0.25, 0.3) is 11.1 Å². The zero-order valence-corrected chi connectivity index (χ0v) is 10.9. The molecule has 0 aliphatic heterocycles. The summed E-state index contributed by atoms with van der Waals surface area (Å²) in [7, 11) is 0. The van der Waals surface area contributed by atoms with E-state index in [1.807, 2.05) is 31.2 Å². The molecule has 0 spiro atoms. The van der Waals surface area contributed by atoms with E-state index in [9.17, 15) is 15.3 Å². The van der Waals surface area contributed by atoms with Gasteiger partial charge in [-0.15, -0.1) is 0 Å². The molecule has 5 nitrogen and oxygen atoms in total. The van der Waals surface area contributed by atoms with E-state index in [-0.39, 0.29) is 16.9 Å². The van der Waals surface area contributed by atoms with Crippen LogP contribution < -0.4 is 11.3 Å². The number of nitrogens with two attached hydrogens (primary N) is 1. The summed E-state index contributed by atoms with van der Waals surface area (Å²) in [6.45, 7) is 1.97. The highest BCUT2D eigenvalue weighted by Gasteiger charge is 2.19. The summed E-state index contributed by atoms with van der Waals surface area (Å²) in [5, 5.41) is 18.5. The first-order chi connectivity index (χ1) is 9.63. The van der Waals surface area contributed by atoms with Crippen LogP contribution in [-0.2, 0) is 6.42 Å². The minimum absolute atomic E-state index is 0.0163. The molecule has 98 valence electrons. The SMILES string of the molecule is CCc1ccccc1-c1c(C#N)c(N)[nH]c(=O)c1C#N. The van der Waals surface area contributed by atoms with E-state index in [2.05, 4.69) is 4.98 Å². The third kappa shape index (κ3) is 2.02. The van der Waals surface area contributed by atoms with E-state index in [0.717, 1.165) is 12.0 Å². The fraction of sp³-hybridized carbons (Fsp3) is 0.133. The second kappa shape index (κ2) is 5.29. The molecule has 0 bridgehead atoms. The molecule has 0 unspecified atom stereocenters. The quantitative estimate of drug-likeness (QED) is 0.864. The van der Waals surface area contributed by atoms with Crippen LogP contribution in [-0.4, -0.2) is 4.98 Å². The molecule has 1 heterocycles. The Morgan fingerprint density at radius 1 is 1.20 bits per heavy atom. The second-order valence-electron chi connectivity index (χ2n) is 4.23. The number of H-pyrrole nitrogens is 1. The first kappa shape index (κ1) is 13.4. The van der Waals surface area contributed by atoms with Gasteiger partial charge in [-0.25, -0.2) is 0 Å². The Balaban J connectivity index is 2.97. The van der Waals surface area contributed by atoms with E-state index in [0.29, 0.717) is 11.1 Å². The van der Waals surface area contributed by atoms with E-state index >= 15 is 0 Å². The Labute approximate surface area is 115 Å². The highest BCUT2D eigenvalue weighted by Crippen LogP contribution is 2.30. The van der Waals surface area contributed by atoms with Crippen LogP contribution in [0.5, 0.6) is 0 Å². The van der Waals surface area contributed by atoms with Crippen molar-refractivity contribution < 1.29 is 0 Å². The van der Waals surface area contributed by atoms with Gasteiger partial charge in [0.2, 0.25) is 0 Å². The van der Waals surface area contributed by atoms with Crippen molar-refractivity contribution in [2.24, 2.45) is 0 Å². The lowest BCUT2D eigenvalue weighted by Crippen LogP contribution is -2.16. The maximum Gasteiger partial charge on any atom is 0.268 e. The van der Waals surface area contributed by atoms with Crippen molar-refractivity contribution in [3.63, 3.8) is 0 Å². The molecule has 3 N–H and O–H groups in total. The van der Waals surface area contributed by atoms with Crippen molar-refractivity contribution in [2.75, 3.05) is 5.73 Å². The van der Waals surface area contributed by atoms with Crippen LogP contribution in [0.3, 0.4) is 0 Å². The predicted molar refractivity (Wildman–Crippen MR) is 75.7 cm³/mol. The average molecular weight is 264 g/mol. The monoisotopic (exact) mass is 264 g/mol. The zero-order valence-electron chi connectivity index (χ0n) is 10.9. The molecular formula is C15H12N4O. The number of hydrogen-bond acceptors (Lipinski definition) is 4. The van der Waals surface area contributed by atoms with Gasteiger partial charge in [-0.3, -0.25) is 4.79 Å². The van der Waals surface area contributed by atoms with Gasteiger partial charge in [0.25, 0.3) is 5.56 Å². The molecule has 5 heteroatoms. The predicted octanol–water partition coefficient (Wildman–Crippen LogP) is 1.93. The van der Waals surface area contributed by atoms with Crippen LogP contribution in [0.15, 0.2) is 29.1 Å². The first-order valence-corrected chi connectivity index (χ1v) is 6.08. The highest BCUT2D eigenvalue weighted by atomic mass is 16.1. The summed E-state index contributed by atoms with van der Waals surface area (Å²) in [5.74, 6) is -0.0163. The number of nitrogens with zero attached hydrogens (tertiary/aromatic N) is 2. The van der Waals surface area contributed by atoms with Gasteiger partial charge in [0, 0.05) is 5.56 Å². The molecule has 0 amide bonds. The largest absolute Gasteiger partial charge is 0.384 e. The van der Waals surface area contributed by atoms with Crippen molar-refractivity contribution in [3.8, 4) is 23.3 Å². The molecule has 20 heavy (non-hydrogen) atoms. The number of aryl methyl sites for hydroxylation is 1. The van der Waals surface area contributed by atoms with Crippen molar-refractivity contribution >= 4 is 5.82 Å². The number of nitrogens with one attached hydrogen (secondary N) is 1. The molecule has 1 aromatic heterocycles. The van der Waals surface area contributed by atoms with Crippen LogP contribution in [0.4, 0.5) is 5.82 Å². The van der Waals surface area contributed by atoms with Gasteiger partial charge < -0.3 is 10.7 Å². The van der Waals surface area contributed by atoms with Gasteiger partial charge in [0.1, 0.15) is 29.1 Å². The lowest BCUT2D eigenvalue weighted by atomic mass is 9.92. The number of nitrogen functional groups attached to an aromatic ring is 1. The van der Waals surface area contributed by atoms with Crippen molar-refractivity contribution in [1.82, 2.24) is 4.98 Å². The molecule has 0 fully saturated rings. The molecule has 0 aliphatic rings. The standard InChI is InChI=1S/C15H12N4O/c1-2-9-5-3-4-6-10(9)13-11(7-16)14(18)19-15(20)12(13)8-17/h3-6H,2H2,1H3,(H3,18,19,20). The second-order valence-corrected chi connectivity index (χ2v) is 4.23. The van der Waals surface area contributed by atoms with E-state index in [1.54, 1.807) is 12.1 Å². The molecule has 0 radical (unpaired) electrons. The van der Waals surface area contributed by atoms with E-state index in [1.165, 1.54) is 0 Å². The van der Waals surface area contributed by atoms with Crippen molar-refractivity contribution in [3.05, 3.63) is 51.3 Å². The summed E-state index contributed by atoms with van der Waals surface area (Å²) >= 11 is 0. The molecule has 0 saturated carbocycles. The number of nitriles is 2. The number of benzene rings is 1. The molecular weight excluding hydrogens is 252 g/mol. The molecule has 2 rings (SSSR count). The van der Waals surface area contributed by atoms with Gasteiger partial charge in [-0.2, -0.15) is 10.5 Å². The van der Waals surface area contributed by atoms with Gasteiger partial charge in [0.15, 0.2) is 0 Å². The Morgan fingerprint density at radius 3 is 2.45 bits per heavy atom. The lowest BCUT2D eigenvalue weighted by molar-refractivity contribution is 1.14. The summed E-state index contributed by atoms with van der Waals surface area (Å²) in [5.41, 5.74) is 7.12. The number of rotatable bonds is 2. The number of pyridine rings is 1. The maximum atomic E-state index is 11.9. The van der Waals surface area contributed by atoms with Crippen molar-refractivity contribution in [2.45, 2.75) is 13.3 Å². The summed E-state index contributed by atoms with van der Waals surface area (Å²) in [6, 6.07) is 11.2. The Morgan fingerprint density at radius 2 is 1.85 bits per heavy atom. The number of anilines is 1. The van der Waals surface area contributed by atoms with E-state index in [4.69, 9.17) is 5.73 Å². The molecule has 2 aromatic rings. The minimum atomic E-state index is -0.579. The maximum absolute atomic E-state index is 11.9. The van der Waals surface area contributed by atoms with Crippen LogP contribution in [0, 0.1) is 22.7 Å². The lowest BCUT2D eigenvalue weighted by Gasteiger charge is -2.12. The number of aromatic nitrogens is 1. The van der Waals surface area contributed by atoms with Gasteiger partial charge in [-0.1, -0.05) is 31.2 Å². The molecule has 1 aromatic carbocycles. The summed E-state index contributed by atoms with van der Waals surface area (Å²) in [4.78, 5) is 14.2. The van der Waals surface area contributed by atoms with Gasteiger partial charge >= 0.3 is 0 Å². The topological polar surface area (TPSA) is 106 Å². The van der Waals surface area contributed by atoms with Crippen LogP contribution in [0.1, 0.15) is 23.6 Å². The third-order valence-electron chi connectivity index (χ3n) is 3.14. The Bertz CT molecular complexity index is 806. The molecule has 0 aliphatic carbocycles. The normalized spacial score (nSPS) is 9.75. The Hall–Kier alpha value is -3.05. The van der Waals surface area contributed by atoms with Gasteiger partial charge in [-0.05, 0) is 17.5 Å². The van der Waals surface area contributed by atoms with Crippen molar-refractivity contribution in [1.29, 1.82) is 10.5 Å². The number of aromatic amines is 1. The summed E-state index contributed by atoms with van der Waals surface area (Å²) in [6.07, 6.45) is 0.721. The van der Waals surface area contributed by atoms with Crippen LogP contribution >= 0.6 is 0 Å². The van der Waals surface area contributed by atoms with Gasteiger partial charge in [0.05, 0.1) is 0 Å². The third-order valence-corrected chi connectivity index (χ3v) is 3.14. The highest BCUT2D eigenvalue weighted by molar-refractivity contribution is 5.81. The fourth-order valence-electron chi connectivity index (χ4n) is 2.19. The average Bonchev–Trinajstić information content (AvgIpc) is 2.46. The molecule has 0 atom stereocenters. The Kier molecular flexibility index (Phi) is 3.54.